The van der Waals surface area contributed by atoms with Gasteiger partial charge in [0.15, 0.2) is 0 Å². The fourth-order valence-corrected chi connectivity index (χ4v) is 2.08. The van der Waals surface area contributed by atoms with E-state index in [1.54, 1.807) is 6.92 Å². The Bertz CT molecular complexity index is 256. The summed E-state index contributed by atoms with van der Waals surface area (Å²) in [5.41, 5.74) is 0. The fraction of sp³-hybridized carbons (Fsp3) is 0.929. The van der Waals surface area contributed by atoms with Gasteiger partial charge in [0.2, 0.25) is 0 Å². The smallest absolute Gasteiger partial charge is 0.346 e. The fourth-order valence-electron chi connectivity index (χ4n) is 1.75. The molecule has 0 aromatic rings. The predicted molar refractivity (Wildman–Crippen MR) is 80.4 cm³/mol. The molecule has 0 unspecified atom stereocenters. The van der Waals surface area contributed by atoms with Crippen molar-refractivity contribution in [1.82, 2.24) is 0 Å². The summed E-state index contributed by atoms with van der Waals surface area (Å²) in [5, 5.41) is 0. The summed E-state index contributed by atoms with van der Waals surface area (Å²) in [4.78, 5) is 0. The van der Waals surface area contributed by atoms with E-state index in [0.717, 1.165) is 12.8 Å². The van der Waals surface area contributed by atoms with Gasteiger partial charge in [-0.05, 0) is 6.42 Å². The average molecular weight is 318 g/mol. The first-order chi connectivity index (χ1) is 9.06. The van der Waals surface area contributed by atoms with E-state index in [2.05, 4.69) is 18.0 Å². The third-order valence-corrected chi connectivity index (χ3v) is 3.19. The van der Waals surface area contributed by atoms with Crippen molar-refractivity contribution >= 4 is 10.4 Å². The Balaban J connectivity index is -0.000000916. The topological polar surface area (TPSA) is 63.6 Å². The molecule has 6 heteroatoms. The van der Waals surface area contributed by atoms with Gasteiger partial charge in [-0.2, -0.15) is 15.3 Å². The van der Waals surface area contributed by atoms with Gasteiger partial charge in [-0.3, -0.25) is 4.55 Å². The largest absolute Gasteiger partial charge is 1.00 e. The van der Waals surface area contributed by atoms with E-state index in [1.165, 1.54) is 44.9 Å². The molecular formula is C14H31NaO4S. The number of rotatable bonds is 12. The van der Waals surface area contributed by atoms with Gasteiger partial charge in [0, 0.05) is 0 Å². The summed E-state index contributed by atoms with van der Waals surface area (Å²) in [6.45, 7) is 7.31. The molecule has 0 radical (unpaired) electrons. The SMILES string of the molecule is CCCCCCCCCCCCOS(=O)(=O)O.[CH2-]C.[Na+]. The normalized spacial score (nSPS) is 10.4. The van der Waals surface area contributed by atoms with E-state index in [9.17, 15) is 8.42 Å². The summed E-state index contributed by atoms with van der Waals surface area (Å²) < 4.78 is 33.0. The van der Waals surface area contributed by atoms with Crippen molar-refractivity contribution in [3.8, 4) is 0 Å². The van der Waals surface area contributed by atoms with E-state index in [4.69, 9.17) is 4.55 Å². The summed E-state index contributed by atoms with van der Waals surface area (Å²) in [6.07, 6.45) is 11.9. The Morgan fingerprint density at radius 3 is 1.55 bits per heavy atom. The van der Waals surface area contributed by atoms with Crippen LogP contribution in [0.5, 0.6) is 0 Å². The summed E-state index contributed by atoms with van der Waals surface area (Å²) >= 11 is 0. The third kappa shape index (κ3) is 27.3. The Morgan fingerprint density at radius 1 is 0.850 bits per heavy atom. The number of hydrogen-bond acceptors (Lipinski definition) is 3. The molecule has 0 aromatic heterocycles. The van der Waals surface area contributed by atoms with Crippen LogP contribution in [0.15, 0.2) is 0 Å². The van der Waals surface area contributed by atoms with Crippen LogP contribution in [0.3, 0.4) is 0 Å². The standard InChI is InChI=1S/C12H26O4S.C2H5.Na/c1-2-3-4-5-6-7-8-9-10-11-12-16-17(13,14)15;1-2;/h2-12H2,1H3,(H,13,14,15);1H2,2H3;/q;-1;+1. The van der Waals surface area contributed by atoms with Crippen molar-refractivity contribution in [2.75, 3.05) is 6.61 Å². The zero-order valence-electron chi connectivity index (χ0n) is 13.6. The van der Waals surface area contributed by atoms with Crippen LogP contribution in [-0.4, -0.2) is 19.6 Å². The van der Waals surface area contributed by atoms with E-state index in [-0.39, 0.29) is 36.2 Å². The first-order valence-corrected chi connectivity index (χ1v) is 8.75. The van der Waals surface area contributed by atoms with Gasteiger partial charge in [-0.25, -0.2) is 4.18 Å². The second-order valence-corrected chi connectivity index (χ2v) is 5.52. The molecule has 0 saturated carbocycles. The van der Waals surface area contributed by atoms with Crippen LogP contribution in [0, 0.1) is 6.92 Å². The van der Waals surface area contributed by atoms with Gasteiger partial charge >= 0.3 is 40.0 Å². The van der Waals surface area contributed by atoms with Crippen molar-refractivity contribution in [3.05, 3.63) is 6.92 Å². The van der Waals surface area contributed by atoms with Crippen LogP contribution in [-0.2, 0) is 14.6 Å². The molecule has 0 atom stereocenters. The van der Waals surface area contributed by atoms with Gasteiger partial charge in [0.05, 0.1) is 6.61 Å². The van der Waals surface area contributed by atoms with Crippen molar-refractivity contribution < 1.29 is 46.7 Å². The molecule has 20 heavy (non-hydrogen) atoms. The minimum Gasteiger partial charge on any atom is -0.346 e. The minimum absolute atomic E-state index is 0. The van der Waals surface area contributed by atoms with E-state index in [1.807, 2.05) is 0 Å². The molecule has 0 saturated heterocycles. The maximum Gasteiger partial charge on any atom is 1.00 e. The molecular weight excluding hydrogens is 287 g/mol. The molecule has 0 bridgehead atoms. The van der Waals surface area contributed by atoms with Gasteiger partial charge in [-0.15, -0.1) is 0 Å². The molecule has 0 aliphatic carbocycles. The van der Waals surface area contributed by atoms with Crippen LogP contribution in [0.25, 0.3) is 0 Å². The summed E-state index contributed by atoms with van der Waals surface area (Å²) in [6, 6.07) is 0. The van der Waals surface area contributed by atoms with E-state index < -0.39 is 10.4 Å². The summed E-state index contributed by atoms with van der Waals surface area (Å²) in [5.74, 6) is 0. The van der Waals surface area contributed by atoms with Crippen molar-refractivity contribution in [2.45, 2.75) is 78.1 Å². The molecule has 0 spiro atoms. The van der Waals surface area contributed by atoms with Gasteiger partial charge in [0.1, 0.15) is 0 Å². The molecule has 0 aliphatic rings. The average Bonchev–Trinajstić information content (AvgIpc) is 2.37. The van der Waals surface area contributed by atoms with Crippen molar-refractivity contribution in [3.63, 3.8) is 0 Å². The zero-order valence-corrected chi connectivity index (χ0v) is 16.4. The number of unbranched alkanes of at least 4 members (excludes halogenated alkanes) is 9. The Hall–Kier alpha value is 0.870. The monoisotopic (exact) mass is 318 g/mol. The quantitative estimate of drug-likeness (QED) is 0.257. The molecule has 1 N–H and O–H groups in total. The predicted octanol–water partition coefficient (Wildman–Crippen LogP) is 1.57. The van der Waals surface area contributed by atoms with Crippen LogP contribution in [0.1, 0.15) is 78.1 Å². The Morgan fingerprint density at radius 2 is 1.20 bits per heavy atom. The van der Waals surface area contributed by atoms with Crippen LogP contribution >= 0.6 is 0 Å². The second-order valence-electron chi connectivity index (χ2n) is 4.43. The van der Waals surface area contributed by atoms with E-state index in [0.29, 0.717) is 6.42 Å². The van der Waals surface area contributed by atoms with E-state index >= 15 is 0 Å². The van der Waals surface area contributed by atoms with Crippen LogP contribution < -0.4 is 29.6 Å². The minimum atomic E-state index is -4.23. The van der Waals surface area contributed by atoms with Gasteiger partial charge in [0.25, 0.3) is 0 Å². The van der Waals surface area contributed by atoms with Gasteiger partial charge in [-0.1, -0.05) is 64.7 Å². The molecule has 0 heterocycles. The Kier molecular flexibility index (Phi) is 25.6. The maximum atomic E-state index is 10.2. The molecule has 0 amide bonds. The molecule has 0 aromatic carbocycles. The van der Waals surface area contributed by atoms with Crippen molar-refractivity contribution in [2.24, 2.45) is 0 Å². The second kappa shape index (κ2) is 19.9. The maximum absolute atomic E-state index is 10.2. The first-order valence-electron chi connectivity index (χ1n) is 7.39. The molecule has 4 nitrogen and oxygen atoms in total. The third-order valence-electron chi connectivity index (χ3n) is 2.73. The first kappa shape index (κ1) is 25.8. The molecule has 0 rings (SSSR count). The van der Waals surface area contributed by atoms with Crippen LogP contribution in [0.4, 0.5) is 0 Å². The Labute approximate surface area is 148 Å². The zero-order chi connectivity index (χ0) is 15.0. The molecule has 0 aliphatic heterocycles. The summed E-state index contributed by atoms with van der Waals surface area (Å²) in [7, 11) is -4.23. The number of hydrogen-bond donors (Lipinski definition) is 1. The van der Waals surface area contributed by atoms with Crippen LogP contribution in [0.2, 0.25) is 0 Å². The molecule has 0 fully saturated rings. The van der Waals surface area contributed by atoms with Gasteiger partial charge < -0.3 is 6.92 Å². The van der Waals surface area contributed by atoms with Crippen molar-refractivity contribution in [1.29, 1.82) is 0 Å². The molecule has 118 valence electrons.